The molecule has 3 nitrogen and oxygen atoms in total. The van der Waals surface area contributed by atoms with Crippen LogP contribution in [0, 0.1) is 11.3 Å². The standard InChI is InChI=1S/C43H27N3/c44-28-29-20-22-30(23-21-29)31-24-26-32(27-25-31)34-15-8-17-36-35(34)16-9-18-37(36)38-12-4-5-13-39(38)43-45-41-19-7-6-14-40(41)42(46-43)33-10-2-1-3-11-33/h1-27H. The van der Waals surface area contributed by atoms with Crippen molar-refractivity contribution in [1.29, 1.82) is 5.26 Å². The Balaban J connectivity index is 1.24. The third-order valence-electron chi connectivity index (χ3n) is 8.57. The molecule has 3 heteroatoms. The van der Waals surface area contributed by atoms with Crippen LogP contribution < -0.4 is 0 Å². The Hall–Kier alpha value is -6.37. The fourth-order valence-corrected chi connectivity index (χ4v) is 6.30. The molecular formula is C43H27N3. The highest BCUT2D eigenvalue weighted by Gasteiger charge is 2.16. The van der Waals surface area contributed by atoms with Crippen molar-refractivity contribution < 1.29 is 0 Å². The fourth-order valence-electron chi connectivity index (χ4n) is 6.30. The van der Waals surface area contributed by atoms with Gasteiger partial charge >= 0.3 is 0 Å². The van der Waals surface area contributed by atoms with E-state index in [1.54, 1.807) is 0 Å². The Labute approximate surface area is 267 Å². The largest absolute Gasteiger partial charge is 0.228 e. The average Bonchev–Trinajstić information content (AvgIpc) is 3.14. The van der Waals surface area contributed by atoms with Gasteiger partial charge in [0.2, 0.25) is 0 Å². The maximum Gasteiger partial charge on any atom is 0.161 e. The van der Waals surface area contributed by atoms with Gasteiger partial charge in [-0.05, 0) is 62.4 Å². The van der Waals surface area contributed by atoms with Gasteiger partial charge in [0.25, 0.3) is 0 Å². The first-order valence-electron chi connectivity index (χ1n) is 15.3. The van der Waals surface area contributed by atoms with Gasteiger partial charge in [-0.1, -0.05) is 146 Å². The molecule has 0 bridgehead atoms. The number of hydrogen-bond donors (Lipinski definition) is 0. The second-order valence-corrected chi connectivity index (χ2v) is 11.3. The third kappa shape index (κ3) is 4.89. The average molecular weight is 586 g/mol. The van der Waals surface area contributed by atoms with E-state index in [0.717, 1.165) is 55.5 Å². The Morgan fingerprint density at radius 2 is 0.913 bits per heavy atom. The minimum absolute atomic E-state index is 0.664. The lowest BCUT2D eigenvalue weighted by Gasteiger charge is -2.15. The highest BCUT2D eigenvalue weighted by molar-refractivity contribution is 6.06. The summed E-state index contributed by atoms with van der Waals surface area (Å²) in [4.78, 5) is 10.3. The predicted octanol–water partition coefficient (Wildman–Crippen LogP) is 11.0. The number of benzene rings is 7. The van der Waals surface area contributed by atoms with Crippen LogP contribution in [0.15, 0.2) is 164 Å². The molecule has 0 radical (unpaired) electrons. The molecule has 8 aromatic rings. The molecule has 1 aromatic heterocycles. The molecule has 0 aliphatic heterocycles. The van der Waals surface area contributed by atoms with Gasteiger partial charge in [-0.25, -0.2) is 9.97 Å². The molecule has 0 fully saturated rings. The molecule has 46 heavy (non-hydrogen) atoms. The number of fused-ring (bicyclic) bond motifs is 2. The molecule has 7 aromatic carbocycles. The second-order valence-electron chi connectivity index (χ2n) is 11.3. The van der Waals surface area contributed by atoms with Crippen LogP contribution in [0.3, 0.4) is 0 Å². The van der Waals surface area contributed by atoms with Gasteiger partial charge < -0.3 is 0 Å². The number of nitriles is 1. The van der Waals surface area contributed by atoms with E-state index in [9.17, 15) is 0 Å². The lowest BCUT2D eigenvalue weighted by atomic mass is 9.90. The predicted molar refractivity (Wildman–Crippen MR) is 189 cm³/mol. The molecule has 0 saturated heterocycles. The van der Waals surface area contributed by atoms with Crippen LogP contribution in [0.2, 0.25) is 0 Å². The van der Waals surface area contributed by atoms with Crippen molar-refractivity contribution >= 4 is 21.7 Å². The zero-order valence-corrected chi connectivity index (χ0v) is 24.9. The van der Waals surface area contributed by atoms with E-state index in [4.69, 9.17) is 15.2 Å². The highest BCUT2D eigenvalue weighted by Crippen LogP contribution is 2.39. The summed E-state index contributed by atoms with van der Waals surface area (Å²) in [5.74, 6) is 0.708. The molecule has 0 amide bonds. The van der Waals surface area contributed by atoms with Crippen LogP contribution in [0.5, 0.6) is 0 Å². The minimum Gasteiger partial charge on any atom is -0.228 e. The smallest absolute Gasteiger partial charge is 0.161 e. The summed E-state index contributed by atoms with van der Waals surface area (Å²) in [6.07, 6.45) is 0. The first kappa shape index (κ1) is 27.2. The van der Waals surface area contributed by atoms with Crippen molar-refractivity contribution in [3.63, 3.8) is 0 Å². The Morgan fingerprint density at radius 3 is 1.65 bits per heavy atom. The van der Waals surface area contributed by atoms with Crippen molar-refractivity contribution in [3.05, 3.63) is 169 Å². The van der Waals surface area contributed by atoms with Crippen molar-refractivity contribution in [2.75, 3.05) is 0 Å². The van der Waals surface area contributed by atoms with E-state index >= 15 is 0 Å². The van der Waals surface area contributed by atoms with Crippen LogP contribution >= 0.6 is 0 Å². The number of aromatic nitrogens is 2. The van der Waals surface area contributed by atoms with Gasteiger partial charge in [0.05, 0.1) is 22.8 Å². The van der Waals surface area contributed by atoms with Crippen molar-refractivity contribution in [1.82, 2.24) is 9.97 Å². The molecule has 0 unspecified atom stereocenters. The second kappa shape index (κ2) is 11.6. The van der Waals surface area contributed by atoms with Crippen LogP contribution in [-0.2, 0) is 0 Å². The normalized spacial score (nSPS) is 11.0. The molecule has 0 aliphatic carbocycles. The third-order valence-corrected chi connectivity index (χ3v) is 8.57. The first-order valence-corrected chi connectivity index (χ1v) is 15.3. The van der Waals surface area contributed by atoms with Gasteiger partial charge in [0, 0.05) is 16.5 Å². The fraction of sp³-hybridized carbons (Fsp3) is 0. The highest BCUT2D eigenvalue weighted by atomic mass is 14.9. The number of nitrogens with zero attached hydrogens (tertiary/aromatic N) is 3. The lowest BCUT2D eigenvalue weighted by Crippen LogP contribution is -1.97. The number of hydrogen-bond acceptors (Lipinski definition) is 3. The van der Waals surface area contributed by atoms with E-state index in [0.29, 0.717) is 11.4 Å². The number of para-hydroxylation sites is 1. The summed E-state index contributed by atoms with van der Waals surface area (Å²) < 4.78 is 0. The molecule has 1 heterocycles. The minimum atomic E-state index is 0.664. The van der Waals surface area contributed by atoms with Crippen LogP contribution in [0.25, 0.3) is 77.7 Å². The maximum atomic E-state index is 9.15. The molecular weight excluding hydrogens is 558 g/mol. The van der Waals surface area contributed by atoms with Gasteiger partial charge in [-0.3, -0.25) is 0 Å². The monoisotopic (exact) mass is 585 g/mol. The van der Waals surface area contributed by atoms with E-state index < -0.39 is 0 Å². The molecule has 0 spiro atoms. The maximum absolute atomic E-state index is 9.15. The van der Waals surface area contributed by atoms with Gasteiger partial charge in [-0.15, -0.1) is 0 Å². The zero-order chi connectivity index (χ0) is 30.9. The van der Waals surface area contributed by atoms with Crippen LogP contribution in [0.4, 0.5) is 0 Å². The van der Waals surface area contributed by atoms with E-state index in [-0.39, 0.29) is 0 Å². The van der Waals surface area contributed by atoms with Crippen LogP contribution in [-0.4, -0.2) is 9.97 Å². The van der Waals surface area contributed by atoms with E-state index in [2.05, 4.69) is 115 Å². The van der Waals surface area contributed by atoms with Crippen molar-refractivity contribution in [3.8, 4) is 62.1 Å². The van der Waals surface area contributed by atoms with Crippen molar-refractivity contribution in [2.24, 2.45) is 0 Å². The first-order chi connectivity index (χ1) is 22.8. The van der Waals surface area contributed by atoms with Crippen molar-refractivity contribution in [2.45, 2.75) is 0 Å². The Morgan fingerprint density at radius 1 is 0.370 bits per heavy atom. The Kier molecular flexibility index (Phi) is 6.87. The zero-order valence-electron chi connectivity index (χ0n) is 24.9. The summed E-state index contributed by atoms with van der Waals surface area (Å²) in [6, 6.07) is 58.6. The quantitative estimate of drug-likeness (QED) is 0.202. The summed E-state index contributed by atoms with van der Waals surface area (Å²) in [7, 11) is 0. The molecule has 0 N–H and O–H groups in total. The molecule has 0 saturated carbocycles. The molecule has 214 valence electrons. The summed E-state index contributed by atoms with van der Waals surface area (Å²) in [5, 5.41) is 12.5. The van der Waals surface area contributed by atoms with Gasteiger partial charge in [-0.2, -0.15) is 5.26 Å². The van der Waals surface area contributed by atoms with Gasteiger partial charge in [0.15, 0.2) is 5.82 Å². The molecule has 0 atom stereocenters. The SMILES string of the molecule is N#Cc1ccc(-c2ccc(-c3cccc4c(-c5ccccc5-c5nc(-c6ccccc6)c6ccccc6n5)cccc34)cc2)cc1. The topological polar surface area (TPSA) is 49.6 Å². The summed E-state index contributed by atoms with van der Waals surface area (Å²) >= 11 is 0. The van der Waals surface area contributed by atoms with Gasteiger partial charge in [0.1, 0.15) is 0 Å². The van der Waals surface area contributed by atoms with Crippen LogP contribution in [0.1, 0.15) is 5.56 Å². The summed E-state index contributed by atoms with van der Waals surface area (Å²) in [5.41, 5.74) is 11.4. The lowest BCUT2D eigenvalue weighted by molar-refractivity contribution is 1.23. The Bertz CT molecular complexity index is 2400. The summed E-state index contributed by atoms with van der Waals surface area (Å²) in [6.45, 7) is 0. The molecule has 0 aliphatic rings. The van der Waals surface area contributed by atoms with E-state index in [1.807, 2.05) is 54.6 Å². The number of rotatable bonds is 5. The van der Waals surface area contributed by atoms with E-state index in [1.165, 1.54) is 16.3 Å². The molecule has 8 rings (SSSR count).